The molecule has 0 atom stereocenters. The van der Waals surface area contributed by atoms with E-state index in [1.54, 1.807) is 12.3 Å². The summed E-state index contributed by atoms with van der Waals surface area (Å²) < 4.78 is 6.88. The summed E-state index contributed by atoms with van der Waals surface area (Å²) in [5.74, 6) is 0.185. The number of pyridine rings is 1. The molecule has 3 aromatic rings. The third kappa shape index (κ3) is 3.68. The Kier molecular flexibility index (Phi) is 5.08. The van der Waals surface area contributed by atoms with E-state index in [9.17, 15) is 9.59 Å². The van der Waals surface area contributed by atoms with Gasteiger partial charge in [0.25, 0.3) is 11.5 Å². The molecule has 0 bridgehead atoms. The number of aromatic nitrogens is 4. The van der Waals surface area contributed by atoms with E-state index in [1.807, 2.05) is 6.07 Å². The number of nitrogens with one attached hydrogen (secondary N) is 2. The lowest BCUT2D eigenvalue weighted by atomic mass is 10.2. The molecule has 0 radical (unpaired) electrons. The van der Waals surface area contributed by atoms with Crippen LogP contribution in [0, 0.1) is 0 Å². The Labute approximate surface area is 143 Å². The summed E-state index contributed by atoms with van der Waals surface area (Å²) in [6.45, 7) is 2.94. The number of hydrogen-bond donors (Lipinski definition) is 2. The van der Waals surface area contributed by atoms with Crippen molar-refractivity contribution in [2.45, 2.75) is 26.3 Å². The van der Waals surface area contributed by atoms with Gasteiger partial charge in [-0.3, -0.25) is 14.7 Å². The van der Waals surface area contributed by atoms with Gasteiger partial charge in [0.2, 0.25) is 5.88 Å². The second kappa shape index (κ2) is 7.61. The summed E-state index contributed by atoms with van der Waals surface area (Å²) >= 11 is 0. The first-order valence-electron chi connectivity index (χ1n) is 8.10. The van der Waals surface area contributed by atoms with Crippen molar-refractivity contribution in [3.8, 4) is 5.88 Å². The van der Waals surface area contributed by atoms with Crippen LogP contribution in [-0.2, 0) is 6.54 Å². The maximum atomic E-state index is 12.4. The van der Waals surface area contributed by atoms with Crippen LogP contribution in [0.5, 0.6) is 5.88 Å². The van der Waals surface area contributed by atoms with Crippen LogP contribution < -0.4 is 15.6 Å². The van der Waals surface area contributed by atoms with E-state index in [0.29, 0.717) is 18.1 Å². The summed E-state index contributed by atoms with van der Waals surface area (Å²) in [7, 11) is 0. The van der Waals surface area contributed by atoms with Gasteiger partial charge in [-0.1, -0.05) is 19.4 Å². The van der Waals surface area contributed by atoms with Gasteiger partial charge in [-0.2, -0.15) is 0 Å². The predicted octanol–water partition coefficient (Wildman–Crippen LogP) is 1.53. The average Bonchev–Trinajstić information content (AvgIpc) is 3.06. The Balaban J connectivity index is 1.72. The fraction of sp³-hybridized carbons (Fsp3) is 0.294. The van der Waals surface area contributed by atoms with Gasteiger partial charge in [-0.25, -0.2) is 14.5 Å². The maximum absolute atomic E-state index is 12.4. The zero-order valence-corrected chi connectivity index (χ0v) is 13.9. The summed E-state index contributed by atoms with van der Waals surface area (Å²) in [5.41, 5.74) is 1.10. The molecule has 25 heavy (non-hydrogen) atoms. The fourth-order valence-corrected chi connectivity index (χ4v) is 2.36. The number of nitrogens with zero attached hydrogens (tertiary/aromatic N) is 3. The van der Waals surface area contributed by atoms with Gasteiger partial charge in [0.05, 0.1) is 6.61 Å². The summed E-state index contributed by atoms with van der Waals surface area (Å²) in [6.07, 6.45) is 6.47. The van der Waals surface area contributed by atoms with E-state index < -0.39 is 0 Å². The first kappa shape index (κ1) is 16.7. The van der Waals surface area contributed by atoms with Gasteiger partial charge in [0.1, 0.15) is 5.56 Å². The van der Waals surface area contributed by atoms with Crippen LogP contribution in [0.1, 0.15) is 35.7 Å². The predicted molar refractivity (Wildman–Crippen MR) is 91.6 cm³/mol. The van der Waals surface area contributed by atoms with Crippen LogP contribution in [-0.4, -0.2) is 32.1 Å². The zero-order valence-electron chi connectivity index (χ0n) is 13.9. The van der Waals surface area contributed by atoms with Crippen LogP contribution in [0.25, 0.3) is 5.65 Å². The highest BCUT2D eigenvalue weighted by Crippen LogP contribution is 2.15. The Morgan fingerprint density at radius 3 is 3.04 bits per heavy atom. The van der Waals surface area contributed by atoms with Crippen molar-refractivity contribution >= 4 is 11.6 Å². The summed E-state index contributed by atoms with van der Waals surface area (Å²) in [4.78, 5) is 32.4. The number of rotatable bonds is 7. The van der Waals surface area contributed by atoms with Crippen LogP contribution in [0.15, 0.2) is 41.6 Å². The molecular formula is C17H19N5O3. The minimum atomic E-state index is -0.333. The van der Waals surface area contributed by atoms with Crippen molar-refractivity contribution in [1.29, 1.82) is 0 Å². The molecule has 3 rings (SSSR count). The van der Waals surface area contributed by atoms with Crippen molar-refractivity contribution in [2.75, 3.05) is 6.61 Å². The number of H-pyrrole nitrogens is 1. The number of unbranched alkanes of at least 4 members (excludes halogenated alkanes) is 1. The second-order valence-corrected chi connectivity index (χ2v) is 5.48. The molecule has 0 unspecified atom stereocenters. The quantitative estimate of drug-likeness (QED) is 0.635. The molecule has 0 aromatic carbocycles. The zero-order chi connectivity index (χ0) is 17.6. The highest BCUT2D eigenvalue weighted by molar-refractivity contribution is 5.99. The molecule has 2 N–H and O–H groups in total. The maximum Gasteiger partial charge on any atom is 0.272 e. The molecule has 0 aliphatic heterocycles. The second-order valence-electron chi connectivity index (χ2n) is 5.48. The topological polar surface area (TPSA) is 101 Å². The van der Waals surface area contributed by atoms with Gasteiger partial charge < -0.3 is 10.1 Å². The van der Waals surface area contributed by atoms with Crippen LogP contribution in [0.3, 0.4) is 0 Å². The third-order valence-corrected chi connectivity index (χ3v) is 3.70. The molecule has 0 saturated carbocycles. The molecule has 8 heteroatoms. The Bertz CT molecular complexity index is 931. The molecule has 0 aliphatic rings. The van der Waals surface area contributed by atoms with Crippen LogP contribution >= 0.6 is 0 Å². The van der Waals surface area contributed by atoms with Gasteiger partial charge in [-0.05, 0) is 12.5 Å². The van der Waals surface area contributed by atoms with E-state index in [2.05, 4.69) is 27.3 Å². The van der Waals surface area contributed by atoms with Crippen molar-refractivity contribution in [3.63, 3.8) is 0 Å². The van der Waals surface area contributed by atoms with E-state index in [0.717, 1.165) is 18.4 Å². The number of carbonyl (C=O) groups excluding carboxylic acids is 1. The number of hydrogen-bond acceptors (Lipinski definition) is 5. The molecule has 3 heterocycles. The monoisotopic (exact) mass is 341 g/mol. The van der Waals surface area contributed by atoms with Gasteiger partial charge >= 0.3 is 0 Å². The Morgan fingerprint density at radius 2 is 2.20 bits per heavy atom. The number of fused-ring (bicyclic) bond motifs is 1. The number of ether oxygens (including phenoxy) is 1. The van der Waals surface area contributed by atoms with Gasteiger partial charge in [0, 0.05) is 36.8 Å². The van der Waals surface area contributed by atoms with E-state index in [4.69, 9.17) is 4.74 Å². The molecule has 0 aliphatic carbocycles. The average molecular weight is 341 g/mol. The first-order chi connectivity index (χ1) is 12.2. The number of amides is 1. The summed E-state index contributed by atoms with van der Waals surface area (Å²) in [6, 6.07) is 4.97. The smallest absolute Gasteiger partial charge is 0.272 e. The van der Waals surface area contributed by atoms with E-state index in [1.165, 1.54) is 23.0 Å². The standard InChI is InChI=1S/C17H19N5O3/c1-2-3-9-25-17-12(5-4-7-19-17)10-20-16(24)13-11-21-22-14(23)6-8-18-15(13)22/h4-8,11,21H,2-3,9-10H2,1H3,(H,20,24). The van der Waals surface area contributed by atoms with E-state index >= 15 is 0 Å². The summed E-state index contributed by atoms with van der Waals surface area (Å²) in [5, 5.41) is 5.53. The molecular weight excluding hydrogens is 322 g/mol. The van der Waals surface area contributed by atoms with Gasteiger partial charge in [0.15, 0.2) is 5.65 Å². The highest BCUT2D eigenvalue weighted by Gasteiger charge is 2.14. The molecule has 8 nitrogen and oxygen atoms in total. The lowest BCUT2D eigenvalue weighted by molar-refractivity contribution is 0.0952. The van der Waals surface area contributed by atoms with Crippen molar-refractivity contribution in [2.24, 2.45) is 0 Å². The SMILES string of the molecule is CCCCOc1ncccc1CNC(=O)c1c[nH]n2c(=O)ccnc12. The highest BCUT2D eigenvalue weighted by atomic mass is 16.5. The van der Waals surface area contributed by atoms with Crippen molar-refractivity contribution in [3.05, 3.63) is 58.3 Å². The normalized spacial score (nSPS) is 10.8. The Hall–Kier alpha value is -3.16. The molecule has 0 fully saturated rings. The van der Waals surface area contributed by atoms with Crippen LogP contribution in [0.2, 0.25) is 0 Å². The lowest BCUT2D eigenvalue weighted by Crippen LogP contribution is -2.24. The largest absolute Gasteiger partial charge is 0.477 e. The third-order valence-electron chi connectivity index (χ3n) is 3.70. The molecule has 1 amide bonds. The molecule has 0 spiro atoms. The van der Waals surface area contributed by atoms with Gasteiger partial charge in [-0.15, -0.1) is 0 Å². The lowest BCUT2D eigenvalue weighted by Gasteiger charge is -2.10. The van der Waals surface area contributed by atoms with Crippen LogP contribution in [0.4, 0.5) is 0 Å². The minimum Gasteiger partial charge on any atom is -0.477 e. The Morgan fingerprint density at radius 1 is 1.32 bits per heavy atom. The first-order valence-corrected chi connectivity index (χ1v) is 8.10. The minimum absolute atomic E-state index is 0.266. The van der Waals surface area contributed by atoms with E-state index in [-0.39, 0.29) is 23.7 Å². The molecule has 0 saturated heterocycles. The number of carbonyl (C=O) groups is 1. The fourth-order valence-electron chi connectivity index (χ4n) is 2.36. The number of aromatic amines is 1. The van der Waals surface area contributed by atoms with Crippen molar-refractivity contribution in [1.82, 2.24) is 24.9 Å². The molecule has 130 valence electrons. The van der Waals surface area contributed by atoms with Crippen molar-refractivity contribution < 1.29 is 9.53 Å². The molecule has 3 aromatic heterocycles.